The first-order chi connectivity index (χ1) is 25.6. The molecule has 7 rings (SSSR count). The molecule has 284 valence electrons. The number of H-pyrrole nitrogens is 1. The van der Waals surface area contributed by atoms with Crippen LogP contribution in [0.25, 0.3) is 11.1 Å². The van der Waals surface area contributed by atoms with E-state index in [-0.39, 0.29) is 30.8 Å². The van der Waals surface area contributed by atoms with Gasteiger partial charge in [0.15, 0.2) is 11.7 Å². The number of nitrogens with zero attached hydrogens (tertiary/aromatic N) is 5. The van der Waals surface area contributed by atoms with Crippen LogP contribution in [0, 0.1) is 6.92 Å². The molecule has 3 N–H and O–H groups in total. The van der Waals surface area contributed by atoms with E-state index < -0.39 is 23.9 Å². The third-order valence-corrected chi connectivity index (χ3v) is 11.4. The molecule has 0 bridgehead atoms. The number of ether oxygens (including phenoxy) is 1. The van der Waals surface area contributed by atoms with Crippen LogP contribution in [0.3, 0.4) is 0 Å². The van der Waals surface area contributed by atoms with Crippen molar-refractivity contribution in [2.24, 2.45) is 0 Å². The molecular formula is C38H49N7O8. The number of amides is 4. The van der Waals surface area contributed by atoms with Crippen LogP contribution >= 0.6 is 0 Å². The molecule has 3 aromatic rings. The Kier molecular flexibility index (Phi) is 11.0. The predicted molar refractivity (Wildman–Crippen MR) is 196 cm³/mol. The van der Waals surface area contributed by atoms with E-state index in [1.165, 1.54) is 0 Å². The fraction of sp³-hybridized carbons (Fsp3) is 0.553. The summed E-state index contributed by atoms with van der Waals surface area (Å²) in [6.45, 7) is 7.94. The number of aliphatic carboxylic acids is 1. The van der Waals surface area contributed by atoms with Gasteiger partial charge in [0.05, 0.1) is 11.9 Å². The molecular weight excluding hydrogens is 682 g/mol. The van der Waals surface area contributed by atoms with Crippen molar-refractivity contribution in [1.29, 1.82) is 0 Å². The summed E-state index contributed by atoms with van der Waals surface area (Å²) in [6, 6.07) is 11.6. The van der Waals surface area contributed by atoms with Gasteiger partial charge in [-0.25, -0.2) is 14.4 Å². The fourth-order valence-corrected chi connectivity index (χ4v) is 8.37. The zero-order valence-electron chi connectivity index (χ0n) is 30.3. The Hall–Kier alpha value is -4.89. The van der Waals surface area contributed by atoms with Gasteiger partial charge in [0.1, 0.15) is 0 Å². The Morgan fingerprint density at radius 3 is 2.36 bits per heavy atom. The highest BCUT2D eigenvalue weighted by molar-refractivity contribution is 5.91. The lowest BCUT2D eigenvalue weighted by atomic mass is 10.0. The highest BCUT2D eigenvalue weighted by atomic mass is 16.6. The van der Waals surface area contributed by atoms with Gasteiger partial charge in [-0.1, -0.05) is 24.3 Å². The molecule has 4 aliphatic rings. The molecule has 1 atom stereocenters. The van der Waals surface area contributed by atoms with E-state index in [4.69, 9.17) is 14.3 Å². The number of aryl methyl sites for hydroxylation is 1. The number of benzene rings is 2. The summed E-state index contributed by atoms with van der Waals surface area (Å²) in [5.74, 6) is -1.60. The molecule has 0 spiro atoms. The van der Waals surface area contributed by atoms with Crippen molar-refractivity contribution in [3.8, 4) is 0 Å². The molecule has 0 saturated carbocycles. The van der Waals surface area contributed by atoms with E-state index in [1.54, 1.807) is 15.9 Å². The molecule has 53 heavy (non-hydrogen) atoms. The van der Waals surface area contributed by atoms with Gasteiger partial charge in [-0.05, 0) is 80.9 Å². The van der Waals surface area contributed by atoms with Gasteiger partial charge in [-0.15, -0.1) is 0 Å². The Balaban J connectivity index is 0.979. The van der Waals surface area contributed by atoms with Crippen LogP contribution in [0.5, 0.6) is 0 Å². The average Bonchev–Trinajstić information content (AvgIpc) is 3.46. The zero-order valence-corrected chi connectivity index (χ0v) is 30.3. The number of anilines is 1. The summed E-state index contributed by atoms with van der Waals surface area (Å²) < 4.78 is 11.4. The number of oxazole rings is 1. The molecule has 0 aliphatic carbocycles. The number of rotatable bonds is 9. The van der Waals surface area contributed by atoms with Crippen molar-refractivity contribution in [1.82, 2.24) is 29.5 Å². The second-order valence-electron chi connectivity index (χ2n) is 14.7. The van der Waals surface area contributed by atoms with Crippen molar-refractivity contribution < 1.29 is 33.4 Å². The largest absolute Gasteiger partial charge is 0.481 e. The van der Waals surface area contributed by atoms with Crippen LogP contribution in [0.15, 0.2) is 45.6 Å². The molecule has 5 heterocycles. The van der Waals surface area contributed by atoms with Crippen LogP contribution in [-0.2, 0) is 27.2 Å². The molecule has 3 saturated heterocycles. The third kappa shape index (κ3) is 8.51. The summed E-state index contributed by atoms with van der Waals surface area (Å²) in [6.07, 6.45) is 2.48. The number of aromatic nitrogens is 1. The lowest BCUT2D eigenvalue weighted by Crippen LogP contribution is -2.56. The monoisotopic (exact) mass is 731 g/mol. The van der Waals surface area contributed by atoms with Gasteiger partial charge in [-0.2, -0.15) is 0 Å². The smallest absolute Gasteiger partial charge is 0.417 e. The highest BCUT2D eigenvalue weighted by Crippen LogP contribution is 2.26. The van der Waals surface area contributed by atoms with Gasteiger partial charge in [0.2, 0.25) is 0 Å². The number of carbonyl (C=O) groups excluding carboxylic acids is 3. The summed E-state index contributed by atoms with van der Waals surface area (Å²) in [5, 5.41) is 12.1. The average molecular weight is 732 g/mol. The first-order valence-electron chi connectivity index (χ1n) is 18.8. The summed E-state index contributed by atoms with van der Waals surface area (Å²) in [7, 11) is 0. The molecule has 0 unspecified atom stereocenters. The van der Waals surface area contributed by atoms with Gasteiger partial charge in [-0.3, -0.25) is 19.5 Å². The molecule has 2 aromatic carbocycles. The molecule has 15 nitrogen and oxygen atoms in total. The minimum atomic E-state index is -1.08. The van der Waals surface area contributed by atoms with Crippen LogP contribution in [0.2, 0.25) is 0 Å². The molecule has 4 amide bonds. The number of likely N-dealkylation sites (tertiary alicyclic amines) is 2. The van der Waals surface area contributed by atoms with E-state index in [0.717, 1.165) is 49.2 Å². The zero-order chi connectivity index (χ0) is 37.1. The number of hydrogen-bond donors (Lipinski definition) is 3. The normalized spacial score (nSPS) is 20.2. The minimum absolute atomic E-state index is 0.0234. The standard InChI is InChI=1S/C38H49N7O8/c1-25-22-26(23-31-34(25)40-37(50)52-31)24-32(35(48)43-20-18-42(19-21-43)28-7-12-41(13-8-28)14-11-33(46)47)53-38(51)44-15-9-29(10-16-44)45-17-6-27-4-2-3-5-30(27)39-36(45)49/h2-5,22-23,28-29,32H,6-21,24H2,1H3,(H,39,49)(H,40,50)(H,46,47)/t32-/m1/s1. The van der Waals surface area contributed by atoms with Crippen molar-refractivity contribution in [3.63, 3.8) is 0 Å². The molecule has 1 aromatic heterocycles. The predicted octanol–water partition coefficient (Wildman–Crippen LogP) is 3.12. The number of fused-ring (bicyclic) bond motifs is 2. The number of piperazine rings is 1. The number of nitrogens with one attached hydrogen (secondary N) is 2. The van der Waals surface area contributed by atoms with Gasteiger partial charge >= 0.3 is 23.8 Å². The van der Waals surface area contributed by atoms with Crippen molar-refractivity contribution in [2.75, 3.05) is 70.8 Å². The second-order valence-corrected chi connectivity index (χ2v) is 14.7. The summed E-state index contributed by atoms with van der Waals surface area (Å²) in [4.78, 5) is 76.5. The number of carboxylic acids is 1. The quantitative estimate of drug-likeness (QED) is 0.297. The first-order valence-corrected chi connectivity index (χ1v) is 18.8. The number of para-hydroxylation sites is 1. The van der Waals surface area contributed by atoms with Crippen molar-refractivity contribution in [3.05, 3.63) is 63.6 Å². The summed E-state index contributed by atoms with van der Waals surface area (Å²) >= 11 is 0. The van der Waals surface area contributed by atoms with Crippen molar-refractivity contribution >= 4 is 40.8 Å². The lowest BCUT2D eigenvalue weighted by Gasteiger charge is -2.43. The van der Waals surface area contributed by atoms with E-state index in [9.17, 15) is 24.0 Å². The lowest BCUT2D eigenvalue weighted by molar-refractivity contribution is -0.143. The number of piperidine rings is 2. The second kappa shape index (κ2) is 16.0. The van der Waals surface area contributed by atoms with Gasteiger partial charge in [0.25, 0.3) is 5.91 Å². The molecule has 4 aliphatic heterocycles. The third-order valence-electron chi connectivity index (χ3n) is 11.4. The molecule has 15 heteroatoms. The van der Waals surface area contributed by atoms with Gasteiger partial charge in [0, 0.05) is 76.5 Å². The number of carbonyl (C=O) groups is 4. The minimum Gasteiger partial charge on any atom is -0.481 e. The highest BCUT2D eigenvalue weighted by Gasteiger charge is 2.36. The molecule has 0 radical (unpaired) electrons. The number of aromatic amines is 1. The van der Waals surface area contributed by atoms with Crippen LogP contribution < -0.4 is 11.1 Å². The van der Waals surface area contributed by atoms with E-state index in [2.05, 4.69) is 20.1 Å². The topological polar surface area (TPSA) is 172 Å². The fourth-order valence-electron chi connectivity index (χ4n) is 8.37. The number of carboxylic acid groups (broad SMARTS) is 1. The first kappa shape index (κ1) is 36.5. The van der Waals surface area contributed by atoms with Crippen LogP contribution in [-0.4, -0.2) is 142 Å². The maximum atomic E-state index is 14.2. The maximum Gasteiger partial charge on any atom is 0.417 e. The number of hydrogen-bond acceptors (Lipinski definition) is 9. The van der Waals surface area contributed by atoms with E-state index >= 15 is 0 Å². The Morgan fingerprint density at radius 2 is 1.62 bits per heavy atom. The van der Waals surface area contributed by atoms with Crippen molar-refractivity contribution in [2.45, 2.75) is 70.1 Å². The number of urea groups is 1. The maximum absolute atomic E-state index is 14.2. The SMILES string of the molecule is Cc1cc(C[C@@H](OC(=O)N2CCC(N3CCc4ccccc4NC3=O)CC2)C(=O)N2CCN(C3CCN(CCC(=O)O)CC3)CC2)cc2oc(=O)[nH]c12. The Labute approximate surface area is 307 Å². The van der Waals surface area contributed by atoms with E-state index in [1.807, 2.05) is 42.2 Å². The summed E-state index contributed by atoms with van der Waals surface area (Å²) in [5.41, 5.74) is 4.40. The molecule has 3 fully saturated rings. The Bertz CT molecular complexity index is 1870. The van der Waals surface area contributed by atoms with Crippen LogP contribution in [0.4, 0.5) is 15.3 Å². The van der Waals surface area contributed by atoms with E-state index in [0.29, 0.717) is 87.9 Å². The van der Waals surface area contributed by atoms with Crippen LogP contribution in [0.1, 0.15) is 48.8 Å². The van der Waals surface area contributed by atoms with Gasteiger partial charge < -0.3 is 39.2 Å². The Morgan fingerprint density at radius 1 is 0.906 bits per heavy atom.